The first-order valence-corrected chi connectivity index (χ1v) is 18.9. The van der Waals surface area contributed by atoms with E-state index in [-0.39, 0.29) is 31.6 Å². The van der Waals surface area contributed by atoms with Gasteiger partial charge in [0.15, 0.2) is 0 Å². The van der Waals surface area contributed by atoms with Crippen LogP contribution >= 0.6 is 20.7 Å². The van der Waals surface area contributed by atoms with E-state index in [4.69, 9.17) is 4.99 Å². The molecule has 0 saturated heterocycles. The maximum atomic E-state index is 5.15. The molecule has 0 radical (unpaired) electrons. The Labute approximate surface area is 271 Å². The third-order valence-electron chi connectivity index (χ3n) is 9.49. The van der Waals surface area contributed by atoms with Gasteiger partial charge in [0, 0.05) is 16.7 Å². The summed E-state index contributed by atoms with van der Waals surface area (Å²) in [6.45, 7) is 22.4. The van der Waals surface area contributed by atoms with E-state index in [1.54, 1.807) is 9.08 Å². The molecule has 0 heterocycles. The first-order valence-electron chi connectivity index (χ1n) is 15.7. The number of aryl methyl sites for hydroxylation is 2. The van der Waals surface area contributed by atoms with Crippen LogP contribution in [0, 0.1) is 24.7 Å². The van der Waals surface area contributed by atoms with Gasteiger partial charge >= 0.3 is 0 Å². The Morgan fingerprint density at radius 3 is 2.12 bits per heavy atom. The third kappa shape index (κ3) is 7.11. The van der Waals surface area contributed by atoms with E-state index in [1.165, 1.54) is 39.0 Å². The number of hydrogen-bond acceptors (Lipinski definition) is 1. The lowest BCUT2D eigenvalue weighted by Gasteiger charge is -2.46. The van der Waals surface area contributed by atoms with Gasteiger partial charge in [-0.3, -0.25) is 4.99 Å². The molecule has 1 aliphatic rings. The molecule has 226 valence electrons. The van der Waals surface area contributed by atoms with E-state index in [0.29, 0.717) is 0 Å². The Hall–Kier alpha value is -2.85. The van der Waals surface area contributed by atoms with Gasteiger partial charge in [-0.2, -0.15) is 0 Å². The number of allylic oxidation sites excluding steroid dienone is 5. The Morgan fingerprint density at radius 1 is 0.907 bits per heavy atom. The Morgan fingerprint density at radius 2 is 1.53 bits per heavy atom. The largest absolute Gasteiger partial charge is 0.253 e. The van der Waals surface area contributed by atoms with E-state index in [9.17, 15) is 0 Å². The molecule has 43 heavy (non-hydrogen) atoms. The average molecular weight is 684 g/mol. The normalized spacial score (nSPS) is 20.0. The fraction of sp³-hybridized carbons (Fsp3) is 0.366. The van der Waals surface area contributed by atoms with Crippen LogP contribution in [0.2, 0.25) is 0 Å². The summed E-state index contributed by atoms with van der Waals surface area (Å²) >= 11 is -0.0769. The molecule has 0 aliphatic heterocycles. The van der Waals surface area contributed by atoms with Crippen LogP contribution in [0.4, 0.5) is 5.69 Å². The molecule has 0 fully saturated rings. The first kappa shape index (κ1) is 33.1. The fourth-order valence-corrected chi connectivity index (χ4v) is 8.66. The van der Waals surface area contributed by atoms with Gasteiger partial charge in [-0.1, -0.05) is 124 Å². The van der Waals surface area contributed by atoms with Gasteiger partial charge in [0.25, 0.3) is 0 Å². The molecule has 3 aromatic rings. The molecule has 0 amide bonds. The second kappa shape index (κ2) is 13.8. The van der Waals surface area contributed by atoms with Crippen molar-refractivity contribution >= 4 is 46.8 Å². The van der Waals surface area contributed by atoms with Crippen LogP contribution in [-0.2, 0) is 0 Å². The molecule has 0 spiro atoms. The molecule has 3 aromatic carbocycles. The molecule has 0 saturated carbocycles. The molecular weight excluding hydrogens is 633 g/mol. The van der Waals surface area contributed by atoms with Crippen molar-refractivity contribution in [3.8, 4) is 0 Å². The van der Waals surface area contributed by atoms with E-state index < -0.39 is 0 Å². The van der Waals surface area contributed by atoms with Crippen LogP contribution in [0.15, 0.2) is 96.0 Å². The van der Waals surface area contributed by atoms with Gasteiger partial charge in [0.05, 0.1) is 5.69 Å². The number of halogens is 1. The summed E-state index contributed by atoms with van der Waals surface area (Å²) in [6, 6.07) is 24.4. The van der Waals surface area contributed by atoms with Gasteiger partial charge in [0.2, 0.25) is 0 Å². The molecular formula is C41H50IN. The number of nitrogens with zero attached hydrogens (tertiary/aromatic N) is 1. The third-order valence-corrected chi connectivity index (χ3v) is 11.9. The van der Waals surface area contributed by atoms with Gasteiger partial charge in [-0.05, 0) is 101 Å². The molecule has 0 N–H and O–H groups in total. The number of para-hydroxylation sites is 1. The average Bonchev–Trinajstić information content (AvgIpc) is 2.98. The molecule has 1 aliphatic carbocycles. The van der Waals surface area contributed by atoms with E-state index in [0.717, 1.165) is 42.7 Å². The predicted octanol–water partition coefficient (Wildman–Crippen LogP) is 12.2. The van der Waals surface area contributed by atoms with Crippen molar-refractivity contribution < 1.29 is 0 Å². The number of rotatable bonds is 9. The van der Waals surface area contributed by atoms with Crippen molar-refractivity contribution in [2.75, 3.05) is 4.93 Å². The first-order chi connectivity index (χ1) is 20.4. The smallest absolute Gasteiger partial charge is 0.0691 e. The lowest BCUT2D eigenvalue weighted by molar-refractivity contribution is 0.310. The summed E-state index contributed by atoms with van der Waals surface area (Å²) < 4.78 is 1.61. The Kier molecular flexibility index (Phi) is 10.6. The predicted molar refractivity (Wildman–Crippen MR) is 202 cm³/mol. The number of alkyl halides is 1. The standard InChI is InChI=1S/C41H50IN/c1-11-41(9)27-26-36(33-24-22-32(23-25-33)28(2)3)40(7,8)38(41)21-15-20-37(42-10)35-19-13-12-18-34(35)31(6)43-39-29(4)16-14-17-30(39)5/h12-14,16-19,21-26H,2,11,15,20,27H2,1,3-10H3/b38-21-,43-31?/t41-/m0/s1. The van der Waals surface area contributed by atoms with Crippen LogP contribution in [0.1, 0.15) is 101 Å². The quantitative estimate of drug-likeness (QED) is 0.0921. The highest BCUT2D eigenvalue weighted by atomic mass is 127. The molecule has 1 nitrogen and oxygen atoms in total. The van der Waals surface area contributed by atoms with Crippen molar-refractivity contribution in [1.29, 1.82) is 0 Å². The maximum absolute atomic E-state index is 5.15. The molecule has 0 aromatic heterocycles. The zero-order valence-electron chi connectivity index (χ0n) is 27.9. The molecule has 2 heteroatoms. The van der Waals surface area contributed by atoms with E-state index in [2.05, 4.69) is 146 Å². The monoisotopic (exact) mass is 683 g/mol. The lowest BCUT2D eigenvalue weighted by atomic mass is 9.58. The second-order valence-corrected chi connectivity index (χ2v) is 15.3. The summed E-state index contributed by atoms with van der Waals surface area (Å²) in [5.41, 5.74) is 14.2. The number of aliphatic imine (C=N–C) groups is 1. The van der Waals surface area contributed by atoms with Crippen LogP contribution in [0.5, 0.6) is 0 Å². The van der Waals surface area contributed by atoms with Gasteiger partial charge in [-0.25, -0.2) is 0 Å². The highest BCUT2D eigenvalue weighted by Crippen LogP contribution is 2.55. The topological polar surface area (TPSA) is 12.4 Å². The second-order valence-electron chi connectivity index (χ2n) is 13.0. The number of benzene rings is 3. The summed E-state index contributed by atoms with van der Waals surface area (Å²) in [5.74, 6) is 0. The van der Waals surface area contributed by atoms with Crippen LogP contribution in [-0.4, -0.2) is 14.2 Å². The summed E-state index contributed by atoms with van der Waals surface area (Å²) in [5, 5.41) is 0. The SMILES string of the molecule is C=C(C)c1ccc(C2=CC[C@](C)(CC)/C(=C\CCC(=IC)c3ccccc3C(C)=Nc3c(C)cccc3C)C2(C)C)cc1. The van der Waals surface area contributed by atoms with E-state index in [1.807, 2.05) is 0 Å². The molecule has 1 atom stereocenters. The zero-order valence-corrected chi connectivity index (χ0v) is 30.0. The number of hydrogen-bond donors (Lipinski definition) is 0. The summed E-state index contributed by atoms with van der Waals surface area (Å²) in [4.78, 5) is 7.56. The van der Waals surface area contributed by atoms with Crippen molar-refractivity contribution in [1.82, 2.24) is 0 Å². The van der Waals surface area contributed by atoms with Crippen molar-refractivity contribution in [2.45, 2.75) is 81.1 Å². The molecule has 4 rings (SSSR count). The summed E-state index contributed by atoms with van der Waals surface area (Å²) in [6.07, 6.45) is 9.53. The minimum absolute atomic E-state index is 0.0261. The Balaban J connectivity index is 1.63. The Bertz CT molecular complexity index is 1590. The highest BCUT2D eigenvalue weighted by Gasteiger charge is 2.42. The minimum atomic E-state index is -0.0769. The van der Waals surface area contributed by atoms with Crippen LogP contribution < -0.4 is 0 Å². The molecule has 0 unspecified atom stereocenters. The van der Waals surface area contributed by atoms with Crippen molar-refractivity contribution in [2.24, 2.45) is 15.8 Å². The maximum Gasteiger partial charge on any atom is 0.0691 e. The van der Waals surface area contributed by atoms with E-state index >= 15 is 0 Å². The van der Waals surface area contributed by atoms with Gasteiger partial charge < -0.3 is 0 Å². The zero-order chi connectivity index (χ0) is 31.4. The lowest BCUT2D eigenvalue weighted by Crippen LogP contribution is -2.33. The summed E-state index contributed by atoms with van der Waals surface area (Å²) in [7, 11) is 0. The minimum Gasteiger partial charge on any atom is -0.253 e. The highest BCUT2D eigenvalue weighted by molar-refractivity contribution is 14.2. The van der Waals surface area contributed by atoms with Crippen LogP contribution in [0.3, 0.4) is 0 Å². The fourth-order valence-electron chi connectivity index (χ4n) is 6.76. The molecule has 0 bridgehead atoms. The van der Waals surface area contributed by atoms with Crippen molar-refractivity contribution in [3.63, 3.8) is 0 Å². The van der Waals surface area contributed by atoms with Gasteiger partial charge in [-0.15, -0.1) is 20.7 Å². The van der Waals surface area contributed by atoms with Gasteiger partial charge in [0.1, 0.15) is 0 Å². The van der Waals surface area contributed by atoms with Crippen molar-refractivity contribution in [3.05, 3.63) is 124 Å². The van der Waals surface area contributed by atoms with Crippen LogP contribution in [0.25, 0.3) is 11.1 Å².